The molecule has 23 heavy (non-hydrogen) atoms. The van der Waals surface area contributed by atoms with Crippen molar-refractivity contribution in [3.63, 3.8) is 0 Å². The van der Waals surface area contributed by atoms with Gasteiger partial charge in [-0.15, -0.1) is 0 Å². The summed E-state index contributed by atoms with van der Waals surface area (Å²) in [5.74, 6) is 0.976. The number of rotatable bonds is 5. The normalized spacial score (nSPS) is 21.1. The number of carbonyl (C=O) groups excluding carboxylic acids is 1. The van der Waals surface area contributed by atoms with Crippen molar-refractivity contribution in [2.24, 2.45) is 5.92 Å². The predicted octanol–water partition coefficient (Wildman–Crippen LogP) is 2.67. The maximum atomic E-state index is 11.9. The Morgan fingerprint density at radius 3 is 2.96 bits per heavy atom. The fourth-order valence-corrected chi connectivity index (χ4v) is 2.91. The molecular formula is C17H22N4O2. The van der Waals surface area contributed by atoms with Crippen molar-refractivity contribution >= 4 is 22.8 Å². The van der Waals surface area contributed by atoms with E-state index in [2.05, 4.69) is 27.7 Å². The molecule has 1 aliphatic rings. The molecule has 0 aliphatic heterocycles. The van der Waals surface area contributed by atoms with Crippen LogP contribution in [0.4, 0.5) is 5.82 Å². The minimum Gasteiger partial charge on any atom is -0.368 e. The van der Waals surface area contributed by atoms with Gasteiger partial charge in [0.2, 0.25) is 0 Å². The summed E-state index contributed by atoms with van der Waals surface area (Å²) in [7, 11) is 0. The Balaban J connectivity index is 1.46. The first kappa shape index (κ1) is 15.7. The van der Waals surface area contributed by atoms with Crippen LogP contribution < -0.4 is 10.9 Å². The largest absolute Gasteiger partial charge is 0.368 e. The van der Waals surface area contributed by atoms with Crippen LogP contribution in [0.2, 0.25) is 0 Å². The molecule has 1 heterocycles. The van der Waals surface area contributed by atoms with E-state index in [9.17, 15) is 4.79 Å². The standard InChI is InChI=1S/C17H22N4O2/c1-12-5-4-6-13(9-12)23-11-17(22)21-20-16-10-18-14-7-2-3-8-15(14)19-16/h2-3,7-8,10,12-13H,4-6,9,11H2,1H3,(H,19,20)(H,21,22). The molecule has 0 saturated heterocycles. The van der Waals surface area contributed by atoms with E-state index in [0.29, 0.717) is 11.7 Å². The average Bonchev–Trinajstić information content (AvgIpc) is 2.58. The van der Waals surface area contributed by atoms with Gasteiger partial charge in [-0.1, -0.05) is 31.9 Å². The molecule has 1 aromatic carbocycles. The van der Waals surface area contributed by atoms with Crippen LogP contribution >= 0.6 is 0 Å². The zero-order valence-corrected chi connectivity index (χ0v) is 13.3. The molecular weight excluding hydrogens is 292 g/mol. The average molecular weight is 314 g/mol. The van der Waals surface area contributed by atoms with Crippen molar-refractivity contribution < 1.29 is 9.53 Å². The number of hydrogen-bond acceptors (Lipinski definition) is 5. The molecule has 2 atom stereocenters. The highest BCUT2D eigenvalue weighted by Crippen LogP contribution is 2.25. The lowest BCUT2D eigenvalue weighted by molar-refractivity contribution is -0.128. The number of nitrogens with one attached hydrogen (secondary N) is 2. The first-order valence-corrected chi connectivity index (χ1v) is 8.09. The molecule has 1 saturated carbocycles. The fraction of sp³-hybridized carbons (Fsp3) is 0.471. The fourth-order valence-electron chi connectivity index (χ4n) is 2.91. The molecule has 1 aliphatic carbocycles. The van der Waals surface area contributed by atoms with Gasteiger partial charge in [0.25, 0.3) is 5.91 Å². The van der Waals surface area contributed by atoms with Crippen LogP contribution in [0.3, 0.4) is 0 Å². The third kappa shape index (κ3) is 4.39. The predicted molar refractivity (Wildman–Crippen MR) is 88.7 cm³/mol. The molecule has 1 fully saturated rings. The summed E-state index contributed by atoms with van der Waals surface area (Å²) in [5, 5.41) is 0. The zero-order valence-electron chi connectivity index (χ0n) is 13.3. The van der Waals surface area contributed by atoms with Crippen LogP contribution in [-0.4, -0.2) is 28.6 Å². The smallest absolute Gasteiger partial charge is 0.264 e. The first-order chi connectivity index (χ1) is 11.2. The first-order valence-electron chi connectivity index (χ1n) is 8.09. The monoisotopic (exact) mass is 314 g/mol. The van der Waals surface area contributed by atoms with Gasteiger partial charge in [-0.3, -0.25) is 20.6 Å². The van der Waals surface area contributed by atoms with Gasteiger partial charge in [0.15, 0.2) is 5.82 Å². The quantitative estimate of drug-likeness (QED) is 0.830. The molecule has 0 spiro atoms. The summed E-state index contributed by atoms with van der Waals surface area (Å²) in [6.45, 7) is 2.29. The second-order valence-corrected chi connectivity index (χ2v) is 6.12. The number of para-hydroxylation sites is 2. The number of benzene rings is 1. The lowest BCUT2D eigenvalue weighted by Gasteiger charge is -2.26. The van der Waals surface area contributed by atoms with Crippen molar-refractivity contribution in [3.8, 4) is 0 Å². The van der Waals surface area contributed by atoms with Crippen molar-refractivity contribution in [3.05, 3.63) is 30.5 Å². The van der Waals surface area contributed by atoms with E-state index in [1.807, 2.05) is 24.3 Å². The number of fused-ring (bicyclic) bond motifs is 1. The molecule has 2 unspecified atom stereocenters. The molecule has 6 heteroatoms. The minimum atomic E-state index is -0.210. The van der Waals surface area contributed by atoms with Crippen LogP contribution in [0.15, 0.2) is 30.5 Å². The minimum absolute atomic E-state index is 0.0609. The van der Waals surface area contributed by atoms with E-state index in [1.165, 1.54) is 12.8 Å². The number of amides is 1. The molecule has 1 amide bonds. The Morgan fingerprint density at radius 2 is 2.13 bits per heavy atom. The molecule has 1 aromatic heterocycles. The van der Waals surface area contributed by atoms with Gasteiger partial charge in [-0.25, -0.2) is 4.98 Å². The van der Waals surface area contributed by atoms with E-state index >= 15 is 0 Å². The van der Waals surface area contributed by atoms with Crippen LogP contribution in [-0.2, 0) is 9.53 Å². The number of hydrazine groups is 1. The highest BCUT2D eigenvalue weighted by Gasteiger charge is 2.20. The van der Waals surface area contributed by atoms with Gasteiger partial charge < -0.3 is 4.74 Å². The second-order valence-electron chi connectivity index (χ2n) is 6.12. The molecule has 6 nitrogen and oxygen atoms in total. The number of carbonyl (C=O) groups is 1. The van der Waals surface area contributed by atoms with Crippen molar-refractivity contribution in [1.82, 2.24) is 15.4 Å². The summed E-state index contributed by atoms with van der Waals surface area (Å²) in [6, 6.07) is 7.58. The summed E-state index contributed by atoms with van der Waals surface area (Å²) in [5.41, 5.74) is 6.97. The van der Waals surface area contributed by atoms with E-state index < -0.39 is 0 Å². The molecule has 2 N–H and O–H groups in total. The van der Waals surface area contributed by atoms with Gasteiger partial charge >= 0.3 is 0 Å². The van der Waals surface area contributed by atoms with E-state index in [1.54, 1.807) is 6.20 Å². The molecule has 0 bridgehead atoms. The number of ether oxygens (including phenoxy) is 1. The van der Waals surface area contributed by atoms with Crippen LogP contribution in [0.1, 0.15) is 32.6 Å². The topological polar surface area (TPSA) is 76.1 Å². The summed E-state index contributed by atoms with van der Waals surface area (Å²) in [4.78, 5) is 20.5. The van der Waals surface area contributed by atoms with E-state index in [0.717, 1.165) is 23.9 Å². The highest BCUT2D eigenvalue weighted by molar-refractivity contribution is 5.79. The third-order valence-electron chi connectivity index (χ3n) is 4.12. The zero-order chi connectivity index (χ0) is 16.1. The van der Waals surface area contributed by atoms with E-state index in [4.69, 9.17) is 4.74 Å². The van der Waals surface area contributed by atoms with E-state index in [-0.39, 0.29) is 18.6 Å². The maximum Gasteiger partial charge on any atom is 0.264 e. The number of aromatic nitrogens is 2. The van der Waals surface area contributed by atoms with Crippen LogP contribution in [0.25, 0.3) is 11.0 Å². The SMILES string of the molecule is CC1CCCC(OCC(=O)NNc2cnc3ccccc3n2)C1. The molecule has 3 rings (SSSR count). The van der Waals surface area contributed by atoms with Gasteiger partial charge in [-0.05, 0) is 30.9 Å². The summed E-state index contributed by atoms with van der Waals surface area (Å²) >= 11 is 0. The number of nitrogens with zero attached hydrogens (tertiary/aromatic N) is 2. The molecule has 0 radical (unpaired) electrons. The lowest BCUT2D eigenvalue weighted by Crippen LogP contribution is -2.35. The molecule has 122 valence electrons. The second kappa shape index (κ2) is 7.37. The third-order valence-corrected chi connectivity index (χ3v) is 4.12. The van der Waals surface area contributed by atoms with Crippen LogP contribution in [0, 0.1) is 5.92 Å². The van der Waals surface area contributed by atoms with Gasteiger partial charge in [0.05, 0.1) is 23.3 Å². The van der Waals surface area contributed by atoms with Crippen molar-refractivity contribution in [2.75, 3.05) is 12.0 Å². The Hall–Kier alpha value is -2.21. The van der Waals surface area contributed by atoms with Crippen LogP contribution in [0.5, 0.6) is 0 Å². The maximum absolute atomic E-state index is 11.9. The Kier molecular flexibility index (Phi) is 5.02. The van der Waals surface area contributed by atoms with Gasteiger partial charge in [0, 0.05) is 0 Å². The summed E-state index contributed by atoms with van der Waals surface area (Å²) in [6.07, 6.45) is 6.31. The van der Waals surface area contributed by atoms with Crippen molar-refractivity contribution in [1.29, 1.82) is 0 Å². The van der Waals surface area contributed by atoms with Crippen molar-refractivity contribution in [2.45, 2.75) is 38.7 Å². The Bertz CT molecular complexity index is 676. The Labute approximate surface area is 135 Å². The number of anilines is 1. The lowest BCUT2D eigenvalue weighted by atomic mass is 9.89. The van der Waals surface area contributed by atoms with Gasteiger partial charge in [-0.2, -0.15) is 0 Å². The number of hydrogen-bond donors (Lipinski definition) is 2. The molecule has 2 aromatic rings. The summed E-state index contributed by atoms with van der Waals surface area (Å²) < 4.78 is 5.69. The van der Waals surface area contributed by atoms with Gasteiger partial charge in [0.1, 0.15) is 6.61 Å². The highest BCUT2D eigenvalue weighted by atomic mass is 16.5. The Morgan fingerprint density at radius 1 is 1.30 bits per heavy atom.